The molecule has 78 valence electrons. The van der Waals surface area contributed by atoms with Crippen molar-refractivity contribution in [1.82, 2.24) is 4.57 Å². The van der Waals surface area contributed by atoms with Crippen molar-refractivity contribution in [2.45, 2.75) is 32.6 Å². The molecule has 0 aliphatic heterocycles. The highest BCUT2D eigenvalue weighted by molar-refractivity contribution is 5.95. The molecule has 0 bridgehead atoms. The van der Waals surface area contributed by atoms with Crippen molar-refractivity contribution in [3.8, 4) is 0 Å². The van der Waals surface area contributed by atoms with Crippen LogP contribution in [-0.2, 0) is 7.05 Å². The van der Waals surface area contributed by atoms with Crippen LogP contribution in [0.2, 0.25) is 0 Å². The van der Waals surface area contributed by atoms with E-state index >= 15 is 0 Å². The number of nitrogen functional groups attached to an aromatic ring is 1. The molecule has 0 atom stereocenters. The SMILES string of the molecule is CCCCCC(=O)c1cc(N)cn1C. The van der Waals surface area contributed by atoms with Gasteiger partial charge in [0.1, 0.15) is 0 Å². The van der Waals surface area contributed by atoms with E-state index in [4.69, 9.17) is 5.73 Å². The number of nitrogens with zero attached hydrogens (tertiary/aromatic N) is 1. The first kappa shape index (κ1) is 10.8. The maximum absolute atomic E-state index is 11.7. The van der Waals surface area contributed by atoms with Crippen LogP contribution in [0.25, 0.3) is 0 Å². The second-order valence-electron chi connectivity index (χ2n) is 3.65. The number of aromatic nitrogens is 1. The average molecular weight is 194 g/mol. The fourth-order valence-electron chi connectivity index (χ4n) is 1.53. The van der Waals surface area contributed by atoms with Crippen molar-refractivity contribution in [2.24, 2.45) is 7.05 Å². The van der Waals surface area contributed by atoms with Crippen molar-refractivity contribution in [3.05, 3.63) is 18.0 Å². The number of hydrogen-bond donors (Lipinski definition) is 1. The Hall–Kier alpha value is -1.25. The van der Waals surface area contributed by atoms with E-state index in [0.29, 0.717) is 12.1 Å². The summed E-state index contributed by atoms with van der Waals surface area (Å²) in [5.74, 6) is 0.192. The molecule has 0 unspecified atom stereocenters. The Labute approximate surface area is 84.9 Å². The summed E-state index contributed by atoms with van der Waals surface area (Å²) in [5, 5.41) is 0. The summed E-state index contributed by atoms with van der Waals surface area (Å²) in [4.78, 5) is 11.7. The summed E-state index contributed by atoms with van der Waals surface area (Å²) in [7, 11) is 1.85. The van der Waals surface area contributed by atoms with E-state index in [1.165, 1.54) is 0 Å². The Balaban J connectivity index is 2.56. The zero-order chi connectivity index (χ0) is 10.6. The smallest absolute Gasteiger partial charge is 0.179 e. The molecule has 1 aromatic rings. The molecule has 3 heteroatoms. The molecule has 0 spiro atoms. The van der Waals surface area contributed by atoms with Gasteiger partial charge in [0, 0.05) is 19.7 Å². The van der Waals surface area contributed by atoms with Crippen molar-refractivity contribution in [3.63, 3.8) is 0 Å². The van der Waals surface area contributed by atoms with Crippen LogP contribution in [0.1, 0.15) is 43.1 Å². The number of anilines is 1. The second kappa shape index (κ2) is 4.84. The molecule has 0 fully saturated rings. The zero-order valence-corrected chi connectivity index (χ0v) is 8.92. The van der Waals surface area contributed by atoms with Crippen LogP contribution in [-0.4, -0.2) is 10.4 Å². The summed E-state index contributed by atoms with van der Waals surface area (Å²) in [6.07, 6.45) is 5.63. The fourth-order valence-corrected chi connectivity index (χ4v) is 1.53. The average Bonchev–Trinajstić information content (AvgIpc) is 2.45. The van der Waals surface area contributed by atoms with Gasteiger partial charge >= 0.3 is 0 Å². The van der Waals surface area contributed by atoms with Crippen LogP contribution >= 0.6 is 0 Å². The molecule has 1 aromatic heterocycles. The Kier molecular flexibility index (Phi) is 3.74. The summed E-state index contributed by atoms with van der Waals surface area (Å²) >= 11 is 0. The quantitative estimate of drug-likeness (QED) is 0.578. The minimum absolute atomic E-state index is 0.192. The third kappa shape index (κ3) is 2.62. The lowest BCUT2D eigenvalue weighted by molar-refractivity contribution is 0.0971. The number of hydrogen-bond acceptors (Lipinski definition) is 2. The Morgan fingerprint density at radius 2 is 2.21 bits per heavy atom. The summed E-state index contributed by atoms with van der Waals surface area (Å²) in [5.41, 5.74) is 6.98. The van der Waals surface area contributed by atoms with Crippen molar-refractivity contribution in [2.75, 3.05) is 5.73 Å². The number of aryl methyl sites for hydroxylation is 1. The molecule has 1 rings (SSSR count). The van der Waals surface area contributed by atoms with Crippen molar-refractivity contribution in [1.29, 1.82) is 0 Å². The van der Waals surface area contributed by atoms with Crippen molar-refractivity contribution < 1.29 is 4.79 Å². The van der Waals surface area contributed by atoms with Crippen LogP contribution in [0.3, 0.4) is 0 Å². The third-order valence-corrected chi connectivity index (χ3v) is 2.32. The number of carbonyl (C=O) groups excluding carboxylic acids is 1. The highest BCUT2D eigenvalue weighted by Gasteiger charge is 2.09. The first-order chi connectivity index (χ1) is 6.65. The van der Waals surface area contributed by atoms with Crippen molar-refractivity contribution >= 4 is 11.5 Å². The van der Waals surface area contributed by atoms with E-state index in [2.05, 4.69) is 6.92 Å². The topological polar surface area (TPSA) is 48.0 Å². The van der Waals surface area contributed by atoms with Crippen LogP contribution in [0, 0.1) is 0 Å². The Morgan fingerprint density at radius 1 is 1.50 bits per heavy atom. The monoisotopic (exact) mass is 194 g/mol. The minimum Gasteiger partial charge on any atom is -0.397 e. The number of ketones is 1. The lowest BCUT2D eigenvalue weighted by atomic mass is 10.1. The number of unbranched alkanes of at least 4 members (excludes halogenated alkanes) is 2. The van der Waals surface area contributed by atoms with Gasteiger partial charge in [-0.15, -0.1) is 0 Å². The van der Waals surface area contributed by atoms with Gasteiger partial charge in [-0.1, -0.05) is 19.8 Å². The molecule has 0 aliphatic rings. The maximum Gasteiger partial charge on any atom is 0.179 e. The zero-order valence-electron chi connectivity index (χ0n) is 8.92. The standard InChI is InChI=1S/C11H18N2O/c1-3-4-5-6-11(14)10-7-9(12)8-13(10)2/h7-8H,3-6,12H2,1-2H3. The minimum atomic E-state index is 0.192. The molecule has 0 amide bonds. The Bertz CT molecular complexity index is 315. The third-order valence-electron chi connectivity index (χ3n) is 2.32. The number of nitrogens with two attached hydrogens (primary N) is 1. The molecular weight excluding hydrogens is 176 g/mol. The van der Waals surface area contributed by atoms with Crippen LogP contribution in [0.15, 0.2) is 12.3 Å². The molecule has 14 heavy (non-hydrogen) atoms. The van der Waals surface area contributed by atoms with E-state index in [9.17, 15) is 4.79 Å². The lowest BCUT2D eigenvalue weighted by Crippen LogP contribution is -2.04. The highest BCUT2D eigenvalue weighted by Crippen LogP contribution is 2.12. The molecule has 2 N–H and O–H groups in total. The van der Waals surface area contributed by atoms with Crippen LogP contribution in [0.5, 0.6) is 0 Å². The van der Waals surface area contributed by atoms with E-state index in [-0.39, 0.29) is 5.78 Å². The van der Waals surface area contributed by atoms with E-state index in [0.717, 1.165) is 25.0 Å². The van der Waals surface area contributed by atoms with Gasteiger partial charge in [0.05, 0.1) is 11.4 Å². The van der Waals surface area contributed by atoms with Gasteiger partial charge in [0.2, 0.25) is 0 Å². The van der Waals surface area contributed by atoms with E-state index in [1.54, 1.807) is 16.8 Å². The first-order valence-electron chi connectivity index (χ1n) is 5.10. The normalized spacial score (nSPS) is 10.4. The number of rotatable bonds is 5. The summed E-state index contributed by atoms with van der Waals surface area (Å²) in [6.45, 7) is 2.13. The van der Waals surface area contributed by atoms with Gasteiger partial charge in [0.25, 0.3) is 0 Å². The van der Waals surface area contributed by atoms with Gasteiger partial charge in [0.15, 0.2) is 5.78 Å². The fraction of sp³-hybridized carbons (Fsp3) is 0.545. The molecule has 0 radical (unpaired) electrons. The highest BCUT2D eigenvalue weighted by atomic mass is 16.1. The predicted octanol–water partition coefficient (Wildman–Crippen LogP) is 2.37. The molecule has 1 heterocycles. The molecule has 0 aliphatic carbocycles. The van der Waals surface area contributed by atoms with Gasteiger partial charge in [-0.2, -0.15) is 0 Å². The van der Waals surface area contributed by atoms with Gasteiger partial charge in [-0.05, 0) is 12.5 Å². The lowest BCUT2D eigenvalue weighted by Gasteiger charge is -2.01. The summed E-state index contributed by atoms with van der Waals surface area (Å²) in [6, 6.07) is 1.74. The molecule has 0 saturated heterocycles. The van der Waals surface area contributed by atoms with E-state index < -0.39 is 0 Å². The van der Waals surface area contributed by atoms with Gasteiger partial charge in [-0.3, -0.25) is 4.79 Å². The Morgan fingerprint density at radius 3 is 2.71 bits per heavy atom. The molecule has 0 saturated carbocycles. The molecular formula is C11H18N2O. The van der Waals surface area contributed by atoms with Gasteiger partial charge < -0.3 is 10.3 Å². The molecule has 0 aromatic carbocycles. The second-order valence-corrected chi connectivity index (χ2v) is 3.65. The summed E-state index contributed by atoms with van der Waals surface area (Å²) < 4.78 is 1.80. The molecule has 3 nitrogen and oxygen atoms in total. The van der Waals surface area contributed by atoms with E-state index in [1.807, 2.05) is 7.05 Å². The maximum atomic E-state index is 11.7. The predicted molar refractivity (Wildman–Crippen MR) is 58.3 cm³/mol. The van der Waals surface area contributed by atoms with Crippen LogP contribution < -0.4 is 5.73 Å². The first-order valence-corrected chi connectivity index (χ1v) is 5.10. The largest absolute Gasteiger partial charge is 0.397 e. The number of carbonyl (C=O) groups is 1. The number of Topliss-reactive ketones (excluding diaryl/α,β-unsaturated/α-hetero) is 1. The van der Waals surface area contributed by atoms with Gasteiger partial charge in [-0.25, -0.2) is 0 Å². The van der Waals surface area contributed by atoms with Crippen LogP contribution in [0.4, 0.5) is 5.69 Å².